The first kappa shape index (κ1) is 13.1. The fourth-order valence-electron chi connectivity index (χ4n) is 1.87. The zero-order valence-corrected chi connectivity index (χ0v) is 10.5. The standard InChI is InChI=1S/C15H16N2O2/c16-9-11-5-1-2-6-12(11)10-17-15(19)13-7-3-4-8-14(13)18/h1-8,18H,9-10,16H2,(H,17,19). The zero-order chi connectivity index (χ0) is 13.7. The molecular formula is C15H16N2O2. The van der Waals surface area contributed by atoms with Crippen molar-refractivity contribution in [2.75, 3.05) is 0 Å². The summed E-state index contributed by atoms with van der Waals surface area (Å²) in [5.41, 5.74) is 7.89. The van der Waals surface area contributed by atoms with Crippen LogP contribution in [0, 0.1) is 0 Å². The van der Waals surface area contributed by atoms with E-state index in [-0.39, 0.29) is 17.2 Å². The number of hydrogen-bond acceptors (Lipinski definition) is 3. The Morgan fingerprint density at radius 1 is 1.05 bits per heavy atom. The lowest BCUT2D eigenvalue weighted by atomic mass is 10.1. The SMILES string of the molecule is NCc1ccccc1CNC(=O)c1ccccc1O. The average molecular weight is 256 g/mol. The van der Waals surface area contributed by atoms with Crippen LogP contribution in [-0.4, -0.2) is 11.0 Å². The molecule has 2 aromatic carbocycles. The lowest BCUT2D eigenvalue weighted by molar-refractivity contribution is 0.0948. The number of amides is 1. The molecule has 0 aliphatic rings. The van der Waals surface area contributed by atoms with Crippen LogP contribution in [0.4, 0.5) is 0 Å². The molecule has 2 rings (SSSR count). The normalized spacial score (nSPS) is 10.2. The third kappa shape index (κ3) is 3.11. The summed E-state index contributed by atoms with van der Waals surface area (Å²) in [6.07, 6.45) is 0. The Kier molecular flexibility index (Phi) is 4.15. The third-order valence-electron chi connectivity index (χ3n) is 2.93. The number of carbonyl (C=O) groups excluding carboxylic acids is 1. The molecule has 0 spiro atoms. The van der Waals surface area contributed by atoms with Gasteiger partial charge in [0.25, 0.3) is 5.91 Å². The summed E-state index contributed by atoms with van der Waals surface area (Å²) in [6, 6.07) is 14.1. The predicted octanol–water partition coefficient (Wildman–Crippen LogP) is 1.78. The van der Waals surface area contributed by atoms with Crippen LogP contribution in [-0.2, 0) is 13.1 Å². The molecule has 0 aromatic heterocycles. The van der Waals surface area contributed by atoms with Gasteiger partial charge in [0.05, 0.1) is 5.56 Å². The molecule has 0 saturated heterocycles. The molecule has 0 bridgehead atoms. The number of carbonyl (C=O) groups is 1. The second-order valence-corrected chi connectivity index (χ2v) is 4.17. The lowest BCUT2D eigenvalue weighted by Crippen LogP contribution is -2.23. The van der Waals surface area contributed by atoms with E-state index in [1.165, 1.54) is 6.07 Å². The second kappa shape index (κ2) is 6.02. The van der Waals surface area contributed by atoms with Gasteiger partial charge < -0.3 is 16.2 Å². The minimum absolute atomic E-state index is 0.0212. The molecule has 1 amide bonds. The molecule has 0 unspecified atom stereocenters. The van der Waals surface area contributed by atoms with Crippen molar-refractivity contribution in [3.05, 3.63) is 65.2 Å². The minimum Gasteiger partial charge on any atom is -0.507 e. The van der Waals surface area contributed by atoms with Gasteiger partial charge in [-0.2, -0.15) is 0 Å². The first-order valence-corrected chi connectivity index (χ1v) is 6.05. The van der Waals surface area contributed by atoms with Crippen molar-refractivity contribution in [2.24, 2.45) is 5.73 Å². The number of rotatable bonds is 4. The number of benzene rings is 2. The number of hydrogen-bond donors (Lipinski definition) is 3. The third-order valence-corrected chi connectivity index (χ3v) is 2.93. The Morgan fingerprint density at radius 3 is 2.37 bits per heavy atom. The van der Waals surface area contributed by atoms with Crippen LogP contribution in [0.2, 0.25) is 0 Å². The highest BCUT2D eigenvalue weighted by atomic mass is 16.3. The van der Waals surface area contributed by atoms with Gasteiger partial charge in [0.2, 0.25) is 0 Å². The molecule has 0 radical (unpaired) electrons. The molecule has 0 heterocycles. The molecule has 2 aromatic rings. The van der Waals surface area contributed by atoms with E-state index in [1.807, 2.05) is 24.3 Å². The number of aromatic hydroxyl groups is 1. The van der Waals surface area contributed by atoms with Crippen molar-refractivity contribution < 1.29 is 9.90 Å². The van der Waals surface area contributed by atoms with Gasteiger partial charge in [0, 0.05) is 13.1 Å². The number of nitrogens with two attached hydrogens (primary N) is 1. The Bertz CT molecular complexity index is 582. The summed E-state index contributed by atoms with van der Waals surface area (Å²) in [4.78, 5) is 11.9. The number of phenolic OH excluding ortho intramolecular Hbond substituents is 1. The molecule has 0 saturated carbocycles. The quantitative estimate of drug-likeness (QED) is 0.780. The molecule has 19 heavy (non-hydrogen) atoms. The summed E-state index contributed by atoms with van der Waals surface area (Å²) >= 11 is 0. The predicted molar refractivity (Wildman–Crippen MR) is 73.6 cm³/mol. The zero-order valence-electron chi connectivity index (χ0n) is 10.5. The maximum Gasteiger partial charge on any atom is 0.255 e. The van der Waals surface area contributed by atoms with Gasteiger partial charge >= 0.3 is 0 Å². The van der Waals surface area contributed by atoms with Crippen molar-refractivity contribution in [3.8, 4) is 5.75 Å². The molecule has 0 aliphatic carbocycles. The van der Waals surface area contributed by atoms with E-state index in [2.05, 4.69) is 5.32 Å². The maximum atomic E-state index is 11.9. The van der Waals surface area contributed by atoms with Crippen LogP contribution in [0.25, 0.3) is 0 Å². The van der Waals surface area contributed by atoms with E-state index in [0.29, 0.717) is 13.1 Å². The van der Waals surface area contributed by atoms with E-state index in [0.717, 1.165) is 11.1 Å². The van der Waals surface area contributed by atoms with Crippen LogP contribution >= 0.6 is 0 Å². The summed E-state index contributed by atoms with van der Waals surface area (Å²) in [5, 5.41) is 12.4. The van der Waals surface area contributed by atoms with E-state index in [4.69, 9.17) is 5.73 Å². The van der Waals surface area contributed by atoms with Crippen molar-refractivity contribution in [3.63, 3.8) is 0 Å². The number of para-hydroxylation sites is 1. The van der Waals surface area contributed by atoms with Crippen LogP contribution in [0.15, 0.2) is 48.5 Å². The van der Waals surface area contributed by atoms with E-state index >= 15 is 0 Å². The van der Waals surface area contributed by atoms with E-state index < -0.39 is 0 Å². The van der Waals surface area contributed by atoms with Crippen molar-refractivity contribution in [1.82, 2.24) is 5.32 Å². The molecule has 98 valence electrons. The Labute approximate surface area is 111 Å². The Balaban J connectivity index is 2.07. The molecule has 4 N–H and O–H groups in total. The maximum absolute atomic E-state index is 11.9. The second-order valence-electron chi connectivity index (χ2n) is 4.17. The van der Waals surface area contributed by atoms with Gasteiger partial charge in [-0.3, -0.25) is 4.79 Å². The molecule has 4 heteroatoms. The van der Waals surface area contributed by atoms with Crippen molar-refractivity contribution in [1.29, 1.82) is 0 Å². The highest BCUT2D eigenvalue weighted by Crippen LogP contribution is 2.15. The summed E-state index contributed by atoms with van der Waals surface area (Å²) in [7, 11) is 0. The smallest absolute Gasteiger partial charge is 0.255 e. The first-order chi connectivity index (χ1) is 9.22. The number of nitrogens with one attached hydrogen (secondary N) is 1. The largest absolute Gasteiger partial charge is 0.507 e. The monoisotopic (exact) mass is 256 g/mol. The van der Waals surface area contributed by atoms with Crippen molar-refractivity contribution >= 4 is 5.91 Å². The molecule has 0 fully saturated rings. The van der Waals surface area contributed by atoms with Gasteiger partial charge in [0.15, 0.2) is 0 Å². The Hall–Kier alpha value is -2.33. The number of phenols is 1. The van der Waals surface area contributed by atoms with E-state index in [9.17, 15) is 9.90 Å². The summed E-state index contributed by atoms with van der Waals surface area (Å²) in [5.74, 6) is -0.322. The minimum atomic E-state index is -0.301. The van der Waals surface area contributed by atoms with Crippen LogP contribution in [0.1, 0.15) is 21.5 Å². The summed E-state index contributed by atoms with van der Waals surface area (Å²) in [6.45, 7) is 0.823. The average Bonchev–Trinajstić information content (AvgIpc) is 2.45. The van der Waals surface area contributed by atoms with Gasteiger partial charge in [-0.15, -0.1) is 0 Å². The molecular weight excluding hydrogens is 240 g/mol. The Morgan fingerprint density at radius 2 is 1.68 bits per heavy atom. The molecule has 0 atom stereocenters. The fourth-order valence-corrected chi connectivity index (χ4v) is 1.87. The fraction of sp³-hybridized carbons (Fsp3) is 0.133. The summed E-state index contributed by atoms with van der Waals surface area (Å²) < 4.78 is 0. The van der Waals surface area contributed by atoms with Gasteiger partial charge in [-0.05, 0) is 23.3 Å². The van der Waals surface area contributed by atoms with Crippen LogP contribution < -0.4 is 11.1 Å². The van der Waals surface area contributed by atoms with Gasteiger partial charge in [0.1, 0.15) is 5.75 Å². The van der Waals surface area contributed by atoms with Crippen molar-refractivity contribution in [2.45, 2.75) is 13.1 Å². The van der Waals surface area contributed by atoms with E-state index in [1.54, 1.807) is 18.2 Å². The van der Waals surface area contributed by atoms with Gasteiger partial charge in [-0.1, -0.05) is 36.4 Å². The first-order valence-electron chi connectivity index (χ1n) is 6.05. The highest BCUT2D eigenvalue weighted by Gasteiger charge is 2.10. The van der Waals surface area contributed by atoms with Gasteiger partial charge in [-0.25, -0.2) is 0 Å². The highest BCUT2D eigenvalue weighted by molar-refractivity contribution is 5.96. The lowest BCUT2D eigenvalue weighted by Gasteiger charge is -2.10. The van der Waals surface area contributed by atoms with Crippen LogP contribution in [0.3, 0.4) is 0 Å². The van der Waals surface area contributed by atoms with Crippen LogP contribution in [0.5, 0.6) is 5.75 Å². The topological polar surface area (TPSA) is 75.3 Å². The molecule has 4 nitrogen and oxygen atoms in total. The molecule has 0 aliphatic heterocycles.